The third-order valence-corrected chi connectivity index (χ3v) is 2.81. The summed E-state index contributed by atoms with van der Waals surface area (Å²) in [5.41, 5.74) is 0.922. The van der Waals surface area contributed by atoms with Gasteiger partial charge in [-0.2, -0.15) is 5.26 Å². The Hall–Kier alpha value is -0.960. The maximum Gasteiger partial charge on any atom is 0.161 e. The van der Waals surface area contributed by atoms with E-state index in [9.17, 15) is 0 Å². The number of hydrogen-bond donors (Lipinski definition) is 0. The number of benzene rings is 1. The zero-order chi connectivity index (χ0) is 10.6. The van der Waals surface area contributed by atoms with E-state index in [1.165, 1.54) is 0 Å². The molecule has 1 aromatic rings. The SMILES string of the molecule is COc1ccc(C(I)C#N)cc1OC. The van der Waals surface area contributed by atoms with E-state index in [0.717, 1.165) is 5.56 Å². The molecule has 0 N–H and O–H groups in total. The minimum atomic E-state index is -0.160. The molecule has 0 aliphatic rings. The smallest absolute Gasteiger partial charge is 0.161 e. The fraction of sp³-hybridized carbons (Fsp3) is 0.300. The van der Waals surface area contributed by atoms with Gasteiger partial charge in [0.05, 0.1) is 20.3 Å². The number of nitrogens with zero attached hydrogens (tertiary/aromatic N) is 1. The highest BCUT2D eigenvalue weighted by Crippen LogP contribution is 2.32. The molecule has 0 heterocycles. The van der Waals surface area contributed by atoms with Crippen LogP contribution in [-0.4, -0.2) is 14.2 Å². The van der Waals surface area contributed by atoms with Gasteiger partial charge in [-0.05, 0) is 17.7 Å². The highest BCUT2D eigenvalue weighted by atomic mass is 127. The van der Waals surface area contributed by atoms with Crippen LogP contribution in [0.25, 0.3) is 0 Å². The van der Waals surface area contributed by atoms with E-state index in [2.05, 4.69) is 28.7 Å². The van der Waals surface area contributed by atoms with Crippen LogP contribution in [0, 0.1) is 11.3 Å². The molecule has 1 atom stereocenters. The zero-order valence-corrected chi connectivity index (χ0v) is 10.1. The van der Waals surface area contributed by atoms with Gasteiger partial charge >= 0.3 is 0 Å². The van der Waals surface area contributed by atoms with Crippen LogP contribution in [-0.2, 0) is 0 Å². The molecule has 0 aliphatic carbocycles. The second kappa shape index (κ2) is 5.05. The van der Waals surface area contributed by atoms with Gasteiger partial charge in [-0.15, -0.1) is 0 Å². The molecule has 0 bridgehead atoms. The Morgan fingerprint density at radius 2 is 1.93 bits per heavy atom. The van der Waals surface area contributed by atoms with Crippen molar-refractivity contribution in [2.45, 2.75) is 3.92 Å². The number of halogens is 1. The van der Waals surface area contributed by atoms with Crippen LogP contribution in [0.2, 0.25) is 0 Å². The van der Waals surface area contributed by atoms with Crippen LogP contribution in [0.3, 0.4) is 0 Å². The quantitative estimate of drug-likeness (QED) is 0.637. The molecule has 14 heavy (non-hydrogen) atoms. The number of methoxy groups -OCH3 is 2. The molecule has 0 spiro atoms. The van der Waals surface area contributed by atoms with Crippen molar-refractivity contribution in [2.75, 3.05) is 14.2 Å². The molecular formula is C10H10INO2. The molecule has 0 aromatic heterocycles. The van der Waals surface area contributed by atoms with E-state index >= 15 is 0 Å². The highest BCUT2D eigenvalue weighted by molar-refractivity contribution is 14.1. The molecule has 0 radical (unpaired) electrons. The van der Waals surface area contributed by atoms with Gasteiger partial charge in [0.2, 0.25) is 0 Å². The largest absolute Gasteiger partial charge is 0.493 e. The minimum Gasteiger partial charge on any atom is -0.493 e. The predicted molar refractivity (Wildman–Crippen MR) is 61.9 cm³/mol. The summed E-state index contributed by atoms with van der Waals surface area (Å²) in [6.45, 7) is 0. The van der Waals surface area contributed by atoms with Gasteiger partial charge in [-0.25, -0.2) is 0 Å². The van der Waals surface area contributed by atoms with Crippen LogP contribution in [0.15, 0.2) is 18.2 Å². The van der Waals surface area contributed by atoms with Gasteiger partial charge in [0.15, 0.2) is 11.5 Å². The summed E-state index contributed by atoms with van der Waals surface area (Å²) < 4.78 is 10.1. The van der Waals surface area contributed by atoms with Crippen LogP contribution in [0.4, 0.5) is 0 Å². The van der Waals surface area contributed by atoms with Gasteiger partial charge < -0.3 is 9.47 Å². The van der Waals surface area contributed by atoms with E-state index in [4.69, 9.17) is 14.7 Å². The molecule has 0 fully saturated rings. The Morgan fingerprint density at radius 1 is 1.29 bits per heavy atom. The minimum absolute atomic E-state index is 0.160. The van der Waals surface area contributed by atoms with Gasteiger partial charge in [0.1, 0.15) is 3.92 Å². The second-order valence-corrected chi connectivity index (χ2v) is 3.85. The summed E-state index contributed by atoms with van der Waals surface area (Å²) in [6, 6.07) is 7.64. The van der Waals surface area contributed by atoms with Crippen LogP contribution < -0.4 is 9.47 Å². The summed E-state index contributed by atoms with van der Waals surface area (Å²) in [7, 11) is 3.17. The van der Waals surface area contributed by atoms with E-state index < -0.39 is 0 Å². The van der Waals surface area contributed by atoms with Gasteiger partial charge in [-0.3, -0.25) is 0 Å². The molecular weight excluding hydrogens is 293 g/mol. The molecule has 74 valence electrons. The monoisotopic (exact) mass is 303 g/mol. The lowest BCUT2D eigenvalue weighted by atomic mass is 10.1. The third kappa shape index (κ3) is 2.29. The number of rotatable bonds is 3. The summed E-state index contributed by atoms with van der Waals surface area (Å²) in [6.07, 6.45) is 0. The first-order valence-electron chi connectivity index (χ1n) is 3.98. The van der Waals surface area contributed by atoms with Crippen molar-refractivity contribution in [3.63, 3.8) is 0 Å². The summed E-state index contributed by atoms with van der Waals surface area (Å²) in [5.74, 6) is 1.33. The van der Waals surface area contributed by atoms with Gasteiger partial charge in [0, 0.05) is 0 Å². The Kier molecular flexibility index (Phi) is 4.01. The van der Waals surface area contributed by atoms with E-state index in [1.807, 2.05) is 12.1 Å². The summed E-state index contributed by atoms with van der Waals surface area (Å²) >= 11 is 2.07. The zero-order valence-electron chi connectivity index (χ0n) is 7.95. The lowest BCUT2D eigenvalue weighted by molar-refractivity contribution is 0.354. The maximum atomic E-state index is 8.75. The highest BCUT2D eigenvalue weighted by Gasteiger charge is 2.09. The van der Waals surface area contributed by atoms with E-state index in [1.54, 1.807) is 20.3 Å². The van der Waals surface area contributed by atoms with Crippen molar-refractivity contribution in [1.29, 1.82) is 5.26 Å². The van der Waals surface area contributed by atoms with Crippen LogP contribution >= 0.6 is 22.6 Å². The molecule has 0 saturated heterocycles. The molecule has 1 aromatic carbocycles. The van der Waals surface area contributed by atoms with Crippen molar-refractivity contribution < 1.29 is 9.47 Å². The number of nitriles is 1. The molecule has 0 aliphatic heterocycles. The molecule has 3 nitrogen and oxygen atoms in total. The third-order valence-electron chi connectivity index (χ3n) is 1.81. The predicted octanol–water partition coefficient (Wildman–Crippen LogP) is 2.70. The normalized spacial score (nSPS) is 11.6. The van der Waals surface area contributed by atoms with Crippen LogP contribution in [0.1, 0.15) is 9.49 Å². The molecule has 0 saturated carbocycles. The fourth-order valence-corrected chi connectivity index (χ4v) is 1.47. The number of hydrogen-bond acceptors (Lipinski definition) is 3. The fourth-order valence-electron chi connectivity index (χ4n) is 1.08. The molecule has 1 rings (SSSR count). The van der Waals surface area contributed by atoms with Gasteiger partial charge in [0.25, 0.3) is 0 Å². The summed E-state index contributed by atoms with van der Waals surface area (Å²) in [4.78, 5) is 0. The van der Waals surface area contributed by atoms with Crippen molar-refractivity contribution in [2.24, 2.45) is 0 Å². The van der Waals surface area contributed by atoms with Crippen molar-refractivity contribution in [3.05, 3.63) is 23.8 Å². The Morgan fingerprint density at radius 3 is 2.43 bits per heavy atom. The first-order chi connectivity index (χ1) is 6.72. The average molecular weight is 303 g/mol. The van der Waals surface area contributed by atoms with Crippen molar-refractivity contribution >= 4 is 22.6 Å². The molecule has 0 amide bonds. The van der Waals surface area contributed by atoms with Crippen LogP contribution in [0.5, 0.6) is 11.5 Å². The lowest BCUT2D eigenvalue weighted by Crippen LogP contribution is -1.93. The number of ether oxygens (including phenoxy) is 2. The number of alkyl halides is 1. The Labute approximate surface area is 96.8 Å². The topological polar surface area (TPSA) is 42.2 Å². The Balaban J connectivity index is 3.08. The first kappa shape index (κ1) is 11.1. The standard InChI is InChI=1S/C10H10INO2/c1-13-9-4-3-7(8(11)6-12)5-10(9)14-2/h3-5,8H,1-2H3. The summed E-state index contributed by atoms with van der Waals surface area (Å²) in [5, 5.41) is 8.75. The average Bonchev–Trinajstić information content (AvgIpc) is 2.26. The maximum absolute atomic E-state index is 8.75. The van der Waals surface area contributed by atoms with E-state index in [0.29, 0.717) is 11.5 Å². The lowest BCUT2D eigenvalue weighted by Gasteiger charge is -2.09. The van der Waals surface area contributed by atoms with Crippen molar-refractivity contribution in [1.82, 2.24) is 0 Å². The second-order valence-electron chi connectivity index (χ2n) is 2.61. The first-order valence-corrected chi connectivity index (χ1v) is 5.23. The van der Waals surface area contributed by atoms with Gasteiger partial charge in [-0.1, -0.05) is 28.7 Å². The van der Waals surface area contributed by atoms with E-state index in [-0.39, 0.29) is 3.92 Å². The molecule has 1 unspecified atom stereocenters. The van der Waals surface area contributed by atoms with Crippen molar-refractivity contribution in [3.8, 4) is 17.6 Å². The Bertz CT molecular complexity index is 360. The molecule has 4 heteroatoms.